The highest BCUT2D eigenvalue weighted by Crippen LogP contribution is 2.26. The summed E-state index contributed by atoms with van der Waals surface area (Å²) in [4.78, 5) is 109. The molecule has 0 saturated heterocycles. The van der Waals surface area contributed by atoms with E-state index in [9.17, 15) is 38.4 Å². The van der Waals surface area contributed by atoms with Crippen molar-refractivity contribution in [3.8, 4) is 17.2 Å². The normalized spacial score (nSPS) is 12.6. The Morgan fingerprint density at radius 1 is 0.418 bits per heavy atom. The Morgan fingerprint density at radius 3 is 1.05 bits per heavy atom. The summed E-state index contributed by atoms with van der Waals surface area (Å²) in [7, 11) is 4.20. The molecule has 4 rings (SSSR count). The van der Waals surface area contributed by atoms with Crippen molar-refractivity contribution in [3.05, 3.63) is 123 Å². The number of rotatable bonds is 38. The monoisotopic (exact) mass is 1090 g/mol. The van der Waals surface area contributed by atoms with Crippen molar-refractivity contribution < 1.29 is 52.6 Å². The molecule has 0 fully saturated rings. The quantitative estimate of drug-likeness (QED) is 0.0290. The molecule has 0 spiro atoms. The van der Waals surface area contributed by atoms with Crippen molar-refractivity contribution in [2.75, 3.05) is 47.5 Å². The number of amides is 4. The van der Waals surface area contributed by atoms with Gasteiger partial charge in [-0.2, -0.15) is 0 Å². The fourth-order valence-corrected chi connectivity index (χ4v) is 9.06. The summed E-state index contributed by atoms with van der Waals surface area (Å²) in [5.74, 6) is -3.05. The number of nitrogens with two attached hydrogens (primary N) is 6. The molecular formula is C59H81N9O11. The molecule has 0 aliphatic carbocycles. The van der Waals surface area contributed by atoms with Crippen molar-refractivity contribution in [3.63, 3.8) is 0 Å². The van der Waals surface area contributed by atoms with Crippen molar-refractivity contribution in [1.29, 1.82) is 0 Å². The van der Waals surface area contributed by atoms with Crippen LogP contribution < -0.4 is 64.6 Å². The summed E-state index contributed by atoms with van der Waals surface area (Å²) < 4.78 is 16.6. The number of primary amides is 1. The zero-order chi connectivity index (χ0) is 57.9. The maximum Gasteiger partial charge on any atom is 0.255 e. The van der Waals surface area contributed by atoms with E-state index < -0.39 is 47.8 Å². The van der Waals surface area contributed by atoms with Gasteiger partial charge in [0.25, 0.3) is 17.7 Å². The topological polar surface area (TPSA) is 356 Å². The van der Waals surface area contributed by atoms with Gasteiger partial charge in [0.1, 0.15) is 17.2 Å². The van der Waals surface area contributed by atoms with Gasteiger partial charge in [-0.1, -0.05) is 36.8 Å². The second kappa shape index (κ2) is 33.8. The predicted molar refractivity (Wildman–Crippen MR) is 302 cm³/mol. The van der Waals surface area contributed by atoms with Gasteiger partial charge in [-0.05, 0) is 168 Å². The fourth-order valence-electron chi connectivity index (χ4n) is 9.06. The Kier molecular flexibility index (Phi) is 27.5. The van der Waals surface area contributed by atoms with E-state index in [-0.39, 0.29) is 101 Å². The van der Waals surface area contributed by atoms with E-state index in [1.54, 1.807) is 60.7 Å². The molecule has 0 bridgehead atoms. The van der Waals surface area contributed by atoms with E-state index >= 15 is 0 Å². The van der Waals surface area contributed by atoms with Gasteiger partial charge >= 0.3 is 0 Å². The third-order valence-electron chi connectivity index (χ3n) is 13.6. The molecule has 0 unspecified atom stereocenters. The van der Waals surface area contributed by atoms with E-state index in [0.717, 1.165) is 6.42 Å². The summed E-state index contributed by atoms with van der Waals surface area (Å²) >= 11 is 0. The molecule has 20 nitrogen and oxygen atoms in total. The lowest BCUT2D eigenvalue weighted by molar-refractivity contribution is -0.121. The molecule has 0 radical (unpaired) electrons. The van der Waals surface area contributed by atoms with Gasteiger partial charge in [-0.25, -0.2) is 0 Å². The number of hydrogen-bond acceptors (Lipinski definition) is 16. The van der Waals surface area contributed by atoms with Crippen LogP contribution in [0.4, 0.5) is 0 Å². The number of carbonyl (C=O) groups is 8. The Morgan fingerprint density at radius 2 is 0.734 bits per heavy atom. The van der Waals surface area contributed by atoms with Gasteiger partial charge in [0.2, 0.25) is 5.91 Å². The van der Waals surface area contributed by atoms with Gasteiger partial charge in [-0.15, -0.1) is 0 Å². The Bertz CT molecular complexity index is 2720. The molecule has 4 atom stereocenters. The summed E-state index contributed by atoms with van der Waals surface area (Å²) in [5, 5.41) is 8.61. The van der Waals surface area contributed by atoms with Crippen LogP contribution in [-0.2, 0) is 44.9 Å². The first kappa shape index (κ1) is 64.2. The van der Waals surface area contributed by atoms with Crippen LogP contribution >= 0.6 is 0 Å². The van der Waals surface area contributed by atoms with Crippen molar-refractivity contribution in [1.82, 2.24) is 16.0 Å². The van der Waals surface area contributed by atoms with Crippen LogP contribution in [0.15, 0.2) is 78.9 Å². The molecule has 0 saturated carbocycles. The number of Topliss-reactive ketones (excluding diaryl/α,β-unsaturated/α-hetero) is 4. The zero-order valence-electron chi connectivity index (χ0n) is 45.9. The second-order valence-corrected chi connectivity index (χ2v) is 19.6. The summed E-state index contributed by atoms with van der Waals surface area (Å²) in [6.45, 7) is 1.62. The molecular weight excluding hydrogens is 1010 g/mol. The van der Waals surface area contributed by atoms with Crippen molar-refractivity contribution >= 4 is 46.8 Å². The summed E-state index contributed by atoms with van der Waals surface area (Å²) in [6, 6.07) is 17.1. The lowest BCUT2D eigenvalue weighted by Crippen LogP contribution is -2.42. The highest BCUT2D eigenvalue weighted by atomic mass is 16.5. The lowest BCUT2D eigenvalue weighted by atomic mass is 9.95. The Balaban J connectivity index is 1.54. The highest BCUT2D eigenvalue weighted by Gasteiger charge is 2.29. The molecule has 0 aliphatic heterocycles. The largest absolute Gasteiger partial charge is 0.496 e. The minimum Gasteiger partial charge on any atom is -0.496 e. The van der Waals surface area contributed by atoms with Crippen molar-refractivity contribution in [2.24, 2.45) is 34.4 Å². The van der Waals surface area contributed by atoms with Crippen LogP contribution in [0, 0.1) is 0 Å². The van der Waals surface area contributed by atoms with Gasteiger partial charge in [-0.3, -0.25) is 38.4 Å². The zero-order valence-corrected chi connectivity index (χ0v) is 45.9. The number of methoxy groups -OCH3 is 3. The van der Waals surface area contributed by atoms with Crippen LogP contribution in [0.2, 0.25) is 0 Å². The van der Waals surface area contributed by atoms with Gasteiger partial charge in [0.05, 0.1) is 62.2 Å². The SMILES string of the molecule is COc1ccc(CC(=O)[C@H](CCCCN)NC(=O)c2cc(CC(=O)[C@H](CCCCN)NC(=O)c3cc(CC(=O)[C@@H](N)CCCCN)ccc3OC)ccc2OC)cc1C(=O)N[C@@H](CCCCN)C(=O)Cc1cccc(C(N)=O)c1. The average Bonchev–Trinajstić information content (AvgIpc) is 3.47. The first-order chi connectivity index (χ1) is 38.0. The van der Waals surface area contributed by atoms with Crippen LogP contribution in [0.3, 0.4) is 0 Å². The molecule has 4 aromatic rings. The van der Waals surface area contributed by atoms with Gasteiger partial charge in [0.15, 0.2) is 23.1 Å². The fraction of sp³-hybridized carbons (Fsp3) is 0.458. The number of carbonyl (C=O) groups excluding carboxylic acids is 8. The molecule has 4 amide bonds. The number of hydrogen-bond donors (Lipinski definition) is 9. The number of benzene rings is 4. The Labute approximate surface area is 463 Å². The van der Waals surface area contributed by atoms with Gasteiger partial charge < -0.3 is 64.6 Å². The maximum atomic E-state index is 14.3. The number of unbranched alkanes of at least 4 members (excludes halogenated alkanes) is 4. The number of ketones is 4. The summed E-state index contributed by atoms with van der Waals surface area (Å²) in [6.07, 6.45) is 5.64. The van der Waals surface area contributed by atoms with E-state index in [4.69, 9.17) is 48.6 Å². The molecule has 4 aromatic carbocycles. The molecule has 428 valence electrons. The Hall–Kier alpha value is -7.36. The van der Waals surface area contributed by atoms with E-state index in [0.29, 0.717) is 106 Å². The van der Waals surface area contributed by atoms with Crippen LogP contribution in [-0.4, -0.2) is 118 Å². The second-order valence-electron chi connectivity index (χ2n) is 19.6. The molecule has 79 heavy (non-hydrogen) atoms. The van der Waals surface area contributed by atoms with E-state index in [1.807, 2.05) is 0 Å². The molecule has 0 heterocycles. The van der Waals surface area contributed by atoms with E-state index in [2.05, 4.69) is 16.0 Å². The van der Waals surface area contributed by atoms with Crippen LogP contribution in [0.1, 0.15) is 141 Å². The third kappa shape index (κ3) is 20.4. The first-order valence-corrected chi connectivity index (χ1v) is 27.0. The van der Waals surface area contributed by atoms with Crippen LogP contribution in [0.25, 0.3) is 0 Å². The average molecular weight is 1090 g/mol. The standard InChI is InChI=1S/C59H81N9O11/c1-77-53-22-19-38(33-49(69)45(64)15-4-8-25-60)30-42(53)57(74)67-47(17-6-10-27-62)51(71)35-40-21-24-55(79-3)44(32-40)59(76)68-48(18-7-11-28-63)52(72)36-39-20-23-54(78-2)43(31-39)58(75)66-46(16-5-9-26-61)50(70)34-37-13-12-14-41(29-37)56(65)73/h12-14,19-24,29-32,45-48H,4-11,15-18,25-28,33-36,60-64H2,1-3H3,(H2,65,73)(H,66,75)(H,67,74)(H,68,76)/t45-,46-,47-,48-/m0/s1. The third-order valence-corrected chi connectivity index (χ3v) is 13.6. The van der Waals surface area contributed by atoms with Crippen molar-refractivity contribution in [2.45, 2.75) is 127 Å². The predicted octanol–water partition coefficient (Wildman–Crippen LogP) is 3.50. The molecule has 15 N–H and O–H groups in total. The van der Waals surface area contributed by atoms with Crippen LogP contribution in [0.5, 0.6) is 17.2 Å². The lowest BCUT2D eigenvalue weighted by Gasteiger charge is -2.21. The van der Waals surface area contributed by atoms with Gasteiger partial charge in [0, 0.05) is 31.2 Å². The minimum absolute atomic E-state index is 0.00377. The minimum atomic E-state index is -1.01. The number of ether oxygens (including phenoxy) is 3. The number of nitrogens with one attached hydrogen (secondary N) is 3. The molecule has 20 heteroatoms. The first-order valence-electron chi connectivity index (χ1n) is 27.0. The summed E-state index contributed by atoms with van der Waals surface area (Å²) in [5.41, 5.74) is 37.1. The maximum absolute atomic E-state index is 14.3. The highest BCUT2D eigenvalue weighted by molar-refractivity contribution is 6.03. The van der Waals surface area contributed by atoms with E-state index in [1.165, 1.54) is 39.5 Å². The molecule has 0 aromatic heterocycles. The molecule has 0 aliphatic rings. The smallest absolute Gasteiger partial charge is 0.255 e.